The van der Waals surface area contributed by atoms with Gasteiger partial charge < -0.3 is 10.6 Å². The molecule has 0 fully saturated rings. The Balaban J connectivity index is 2.20. The van der Waals surface area contributed by atoms with E-state index in [0.29, 0.717) is 10.9 Å². The molecule has 3 heterocycles. The minimum atomic E-state index is -5.10. The zero-order valence-electron chi connectivity index (χ0n) is 22.7. The van der Waals surface area contributed by atoms with E-state index in [2.05, 4.69) is 25.6 Å². The van der Waals surface area contributed by atoms with Crippen LogP contribution in [0.15, 0.2) is 35.2 Å². The van der Waals surface area contributed by atoms with E-state index in [4.69, 9.17) is 16.7 Å². The van der Waals surface area contributed by atoms with Gasteiger partial charge in [-0.05, 0) is 26.8 Å². The summed E-state index contributed by atoms with van der Waals surface area (Å²) >= 11 is 0. The van der Waals surface area contributed by atoms with Crippen LogP contribution in [0.5, 0.6) is 0 Å². The number of aryl methyl sites for hydroxylation is 1. The van der Waals surface area contributed by atoms with Gasteiger partial charge in [0.15, 0.2) is 0 Å². The summed E-state index contributed by atoms with van der Waals surface area (Å²) in [7, 11) is 0. The van der Waals surface area contributed by atoms with Gasteiger partial charge in [0.2, 0.25) is 5.79 Å². The number of amidine groups is 1. The molecule has 1 atom stereocenters. The van der Waals surface area contributed by atoms with Gasteiger partial charge in [0.05, 0.1) is 18.1 Å². The van der Waals surface area contributed by atoms with Crippen molar-refractivity contribution in [3.63, 3.8) is 0 Å². The first-order chi connectivity index (χ1) is 16.1. The lowest BCUT2D eigenvalue weighted by Crippen LogP contribution is -2.53. The highest BCUT2D eigenvalue weighted by Crippen LogP contribution is 2.32. The fourth-order valence-electron chi connectivity index (χ4n) is 2.58. The number of rotatable bonds is 4. The standard InChI is InChI=1S/C16H22F3N9/c1-5-21-13-10(15(17,18)19)9-22-16(20,25-13)12-8-11(26-27(12)4)14(2,3)28-23-6-7-24-28/h6-9,22H,5,20H2,1-4H3,(H,21,25)/i1D3,4D3,5D2. The third-order valence-electron chi connectivity index (χ3n) is 4.11. The molecule has 1 unspecified atom stereocenters. The van der Waals surface area contributed by atoms with Gasteiger partial charge in [0.25, 0.3) is 0 Å². The predicted octanol–water partition coefficient (Wildman–Crippen LogP) is 0.921. The second-order valence-electron chi connectivity index (χ2n) is 6.38. The van der Waals surface area contributed by atoms with Gasteiger partial charge in [-0.3, -0.25) is 10.4 Å². The van der Waals surface area contributed by atoms with E-state index in [1.54, 1.807) is 19.2 Å². The van der Waals surface area contributed by atoms with Gasteiger partial charge in [0.1, 0.15) is 22.6 Å². The van der Waals surface area contributed by atoms with Gasteiger partial charge in [-0.25, -0.2) is 4.99 Å². The highest BCUT2D eigenvalue weighted by atomic mass is 19.4. The third-order valence-corrected chi connectivity index (χ3v) is 4.11. The van der Waals surface area contributed by atoms with Crippen LogP contribution in [0.4, 0.5) is 13.2 Å². The minimum Gasteiger partial charge on any atom is -0.370 e. The van der Waals surface area contributed by atoms with Crippen molar-refractivity contribution in [1.29, 1.82) is 0 Å². The van der Waals surface area contributed by atoms with Crippen molar-refractivity contribution in [2.45, 2.75) is 38.2 Å². The van der Waals surface area contributed by atoms with E-state index in [0.717, 1.165) is 0 Å². The molecular weight excluding hydrogens is 375 g/mol. The first-order valence-electron chi connectivity index (χ1n) is 11.8. The lowest BCUT2D eigenvalue weighted by atomic mass is 10.0. The fourth-order valence-corrected chi connectivity index (χ4v) is 2.58. The van der Waals surface area contributed by atoms with Crippen LogP contribution in [0.25, 0.3) is 0 Å². The Morgan fingerprint density at radius 1 is 1.36 bits per heavy atom. The summed E-state index contributed by atoms with van der Waals surface area (Å²) in [5.74, 6) is -3.69. The summed E-state index contributed by atoms with van der Waals surface area (Å²) in [6.07, 6.45) is -2.00. The number of likely N-dealkylation sites (N-methyl/N-ethyl adjacent to an activating group) is 1. The van der Waals surface area contributed by atoms with Gasteiger partial charge in [0, 0.05) is 30.6 Å². The van der Waals surface area contributed by atoms with Crippen molar-refractivity contribution < 1.29 is 24.1 Å². The molecule has 1 aliphatic heterocycles. The lowest BCUT2D eigenvalue weighted by molar-refractivity contribution is -0.0872. The number of alkyl halides is 3. The Morgan fingerprint density at radius 2 is 2.07 bits per heavy atom. The molecule has 0 aliphatic carbocycles. The molecule has 4 N–H and O–H groups in total. The zero-order chi connectivity index (χ0) is 27.5. The molecule has 0 saturated heterocycles. The lowest BCUT2D eigenvalue weighted by Gasteiger charge is -2.32. The fraction of sp³-hybridized carbons (Fsp3) is 0.500. The van der Waals surface area contributed by atoms with Gasteiger partial charge in [-0.15, -0.1) is 0 Å². The van der Waals surface area contributed by atoms with Crippen LogP contribution < -0.4 is 16.4 Å². The van der Waals surface area contributed by atoms with Crippen LogP contribution in [0.3, 0.4) is 0 Å². The summed E-state index contributed by atoms with van der Waals surface area (Å²) in [5, 5.41) is 15.9. The number of hydrogen-bond donors (Lipinski definition) is 3. The van der Waals surface area contributed by atoms with Gasteiger partial charge in [-0.2, -0.15) is 33.3 Å². The average molecular weight is 405 g/mol. The number of halogens is 3. The van der Waals surface area contributed by atoms with Crippen molar-refractivity contribution in [3.8, 4) is 0 Å². The van der Waals surface area contributed by atoms with Crippen molar-refractivity contribution in [1.82, 2.24) is 35.4 Å². The minimum absolute atomic E-state index is 0.0598. The second kappa shape index (κ2) is 6.62. The smallest absolute Gasteiger partial charge is 0.370 e. The van der Waals surface area contributed by atoms with Crippen molar-refractivity contribution in [2.24, 2.45) is 17.7 Å². The number of hydrogen-bond acceptors (Lipinski definition) is 7. The summed E-state index contributed by atoms with van der Waals surface area (Å²) in [6, 6.07) is 1.18. The third kappa shape index (κ3) is 3.35. The van der Waals surface area contributed by atoms with Crippen LogP contribution in [0, 0.1) is 0 Å². The Hall–Kier alpha value is -2.89. The molecule has 0 radical (unpaired) electrons. The molecule has 2 aromatic heterocycles. The molecule has 28 heavy (non-hydrogen) atoms. The van der Waals surface area contributed by atoms with Crippen LogP contribution in [-0.4, -0.2) is 43.3 Å². The molecule has 12 heteroatoms. The van der Waals surface area contributed by atoms with Crippen LogP contribution in [-0.2, 0) is 18.3 Å². The maximum Gasteiger partial charge on any atom is 0.421 e. The normalized spacial score (nSPS) is 26.1. The molecule has 0 amide bonds. The first-order valence-corrected chi connectivity index (χ1v) is 7.80. The van der Waals surface area contributed by atoms with E-state index in [9.17, 15) is 13.2 Å². The highest BCUT2D eigenvalue weighted by Gasteiger charge is 2.43. The van der Waals surface area contributed by atoms with Crippen molar-refractivity contribution in [3.05, 3.63) is 41.6 Å². The SMILES string of the molecule is [2H]C([2H])([2H])n1nc(C(C)(C)n2nccn2)cc1C1(N)N=C(NC([2H])([2H])C([2H])([2H])[2H])C(C(F)(F)F)=CN1. The Morgan fingerprint density at radius 3 is 2.68 bits per heavy atom. The molecule has 0 aromatic carbocycles. The van der Waals surface area contributed by atoms with Crippen molar-refractivity contribution in [2.75, 3.05) is 6.50 Å². The van der Waals surface area contributed by atoms with Crippen LogP contribution >= 0.6 is 0 Å². The predicted molar refractivity (Wildman–Crippen MR) is 95.9 cm³/mol. The Kier molecular flexibility index (Phi) is 2.80. The summed E-state index contributed by atoms with van der Waals surface area (Å²) in [4.78, 5) is 4.93. The molecule has 152 valence electrons. The van der Waals surface area contributed by atoms with E-state index in [-0.39, 0.29) is 5.69 Å². The molecule has 0 bridgehead atoms. The number of nitrogens with zero attached hydrogens (tertiary/aromatic N) is 6. The number of aromatic nitrogens is 5. The molecule has 3 rings (SSSR count). The molecular formula is C16H22F3N9. The molecule has 9 nitrogen and oxygen atoms in total. The van der Waals surface area contributed by atoms with Gasteiger partial charge >= 0.3 is 6.18 Å². The molecule has 2 aromatic rings. The summed E-state index contributed by atoms with van der Waals surface area (Å²) in [6.45, 7) is -6.51. The second-order valence-corrected chi connectivity index (χ2v) is 6.38. The molecule has 1 aliphatic rings. The molecule has 0 saturated carbocycles. The summed E-state index contributed by atoms with van der Waals surface area (Å²) < 4.78 is 102. The van der Waals surface area contributed by atoms with Crippen LogP contribution in [0.1, 0.15) is 43.1 Å². The quantitative estimate of drug-likeness (QED) is 0.698. The maximum absolute atomic E-state index is 13.6. The summed E-state index contributed by atoms with van der Waals surface area (Å²) in [5.41, 5.74) is 3.15. The Labute approximate surface area is 170 Å². The zero-order valence-corrected chi connectivity index (χ0v) is 14.7. The van der Waals surface area contributed by atoms with Crippen molar-refractivity contribution >= 4 is 5.84 Å². The Bertz CT molecular complexity index is 1180. The van der Waals surface area contributed by atoms with E-state index in [1.165, 1.54) is 23.3 Å². The largest absolute Gasteiger partial charge is 0.421 e. The number of nitrogens with two attached hydrogens (primary N) is 1. The monoisotopic (exact) mass is 405 g/mol. The molecule has 0 spiro atoms. The van der Waals surface area contributed by atoms with E-state index < -0.39 is 54.9 Å². The number of nitrogens with one attached hydrogen (secondary N) is 2. The maximum atomic E-state index is 13.6. The topological polar surface area (TPSA) is 111 Å². The van der Waals surface area contributed by atoms with E-state index in [1.807, 2.05) is 0 Å². The first kappa shape index (κ1) is 11.8. The van der Waals surface area contributed by atoms with Gasteiger partial charge in [-0.1, -0.05) is 0 Å². The highest BCUT2D eigenvalue weighted by molar-refractivity contribution is 6.00. The van der Waals surface area contributed by atoms with Crippen LogP contribution in [0.2, 0.25) is 0 Å². The van der Waals surface area contributed by atoms with E-state index >= 15 is 0 Å². The number of aliphatic imine (C=N–C) groups is 1. The average Bonchev–Trinajstić information content (AvgIpc) is 3.36.